The first kappa shape index (κ1) is 15.9. The predicted octanol–water partition coefficient (Wildman–Crippen LogP) is 3.81. The third-order valence-corrected chi connectivity index (χ3v) is 3.66. The van der Waals surface area contributed by atoms with Gasteiger partial charge in [-0.05, 0) is 36.8 Å². The Bertz CT molecular complexity index is 671. The summed E-state index contributed by atoms with van der Waals surface area (Å²) in [4.78, 5) is 13.8. The van der Waals surface area contributed by atoms with E-state index in [2.05, 4.69) is 0 Å². The van der Waals surface area contributed by atoms with Crippen molar-refractivity contribution in [2.24, 2.45) is 0 Å². The lowest BCUT2D eigenvalue weighted by atomic mass is 10.1. The summed E-state index contributed by atoms with van der Waals surface area (Å²) in [6.45, 7) is 1.83. The van der Waals surface area contributed by atoms with Crippen molar-refractivity contribution in [2.75, 3.05) is 14.2 Å². The van der Waals surface area contributed by atoms with E-state index in [4.69, 9.17) is 4.74 Å². The van der Waals surface area contributed by atoms with Gasteiger partial charge in [0.2, 0.25) is 0 Å². The van der Waals surface area contributed by atoms with Crippen LogP contribution in [0.5, 0.6) is 5.75 Å². The highest BCUT2D eigenvalue weighted by atomic mass is 19.1. The van der Waals surface area contributed by atoms with Crippen LogP contribution >= 0.6 is 0 Å². The summed E-state index contributed by atoms with van der Waals surface area (Å²) in [5, 5.41) is 0. The van der Waals surface area contributed by atoms with E-state index in [0.29, 0.717) is 6.07 Å². The molecule has 2 rings (SSSR count). The molecule has 116 valence electrons. The molecule has 3 nitrogen and oxygen atoms in total. The highest BCUT2D eigenvalue weighted by molar-refractivity contribution is 5.94. The van der Waals surface area contributed by atoms with E-state index in [9.17, 15) is 13.6 Å². The molecule has 0 spiro atoms. The van der Waals surface area contributed by atoms with Crippen LogP contribution in [0.3, 0.4) is 0 Å². The fourth-order valence-corrected chi connectivity index (χ4v) is 2.13. The van der Waals surface area contributed by atoms with Gasteiger partial charge in [-0.2, -0.15) is 0 Å². The van der Waals surface area contributed by atoms with E-state index < -0.39 is 17.5 Å². The smallest absolute Gasteiger partial charge is 0.257 e. The number of benzene rings is 2. The molecule has 5 heteroatoms. The second-order valence-corrected chi connectivity index (χ2v) is 4.99. The third kappa shape index (κ3) is 3.24. The zero-order valence-electron chi connectivity index (χ0n) is 12.6. The maximum Gasteiger partial charge on any atom is 0.257 e. The lowest BCUT2D eigenvalue weighted by molar-refractivity contribution is 0.0738. The molecule has 0 bridgehead atoms. The average molecular weight is 305 g/mol. The monoisotopic (exact) mass is 305 g/mol. The van der Waals surface area contributed by atoms with E-state index in [1.807, 2.05) is 19.1 Å². The second kappa shape index (κ2) is 6.56. The van der Waals surface area contributed by atoms with Gasteiger partial charge in [0, 0.05) is 13.1 Å². The van der Waals surface area contributed by atoms with Gasteiger partial charge in [-0.25, -0.2) is 8.78 Å². The normalized spacial score (nSPS) is 11.9. The molecule has 0 radical (unpaired) electrons. The number of carbonyl (C=O) groups excluding carboxylic acids is 1. The fraction of sp³-hybridized carbons (Fsp3) is 0.235. The maximum atomic E-state index is 13.7. The molecule has 0 heterocycles. The van der Waals surface area contributed by atoms with Crippen LogP contribution in [0.25, 0.3) is 0 Å². The van der Waals surface area contributed by atoms with E-state index in [1.54, 1.807) is 26.3 Å². The fourth-order valence-electron chi connectivity index (χ4n) is 2.13. The van der Waals surface area contributed by atoms with Crippen molar-refractivity contribution in [1.82, 2.24) is 4.90 Å². The van der Waals surface area contributed by atoms with Crippen molar-refractivity contribution < 1.29 is 18.3 Å². The first-order valence-electron chi connectivity index (χ1n) is 6.80. The third-order valence-electron chi connectivity index (χ3n) is 3.66. The zero-order chi connectivity index (χ0) is 16.3. The Morgan fingerprint density at radius 2 is 1.77 bits per heavy atom. The molecule has 0 aromatic heterocycles. The first-order valence-corrected chi connectivity index (χ1v) is 6.80. The van der Waals surface area contributed by atoms with Crippen LogP contribution < -0.4 is 4.74 Å². The molecule has 1 atom stereocenters. The van der Waals surface area contributed by atoms with Gasteiger partial charge < -0.3 is 9.64 Å². The topological polar surface area (TPSA) is 29.5 Å². The number of amides is 1. The van der Waals surface area contributed by atoms with Gasteiger partial charge in [0.25, 0.3) is 5.91 Å². The predicted molar refractivity (Wildman–Crippen MR) is 79.9 cm³/mol. The molecule has 2 aromatic rings. The van der Waals surface area contributed by atoms with E-state index in [0.717, 1.165) is 23.4 Å². The van der Waals surface area contributed by atoms with Crippen LogP contribution in [0.4, 0.5) is 8.78 Å². The van der Waals surface area contributed by atoms with Crippen molar-refractivity contribution >= 4 is 5.91 Å². The van der Waals surface area contributed by atoms with Gasteiger partial charge in [0.05, 0.1) is 18.7 Å². The summed E-state index contributed by atoms with van der Waals surface area (Å²) in [5.74, 6) is -1.35. The van der Waals surface area contributed by atoms with E-state index in [-0.39, 0.29) is 11.6 Å². The molecule has 0 saturated carbocycles. The summed E-state index contributed by atoms with van der Waals surface area (Å²) < 4.78 is 31.7. The van der Waals surface area contributed by atoms with Crippen molar-refractivity contribution in [2.45, 2.75) is 13.0 Å². The van der Waals surface area contributed by atoms with Crippen molar-refractivity contribution in [3.63, 3.8) is 0 Å². The number of halogens is 2. The minimum Gasteiger partial charge on any atom is -0.497 e. The largest absolute Gasteiger partial charge is 0.497 e. The van der Waals surface area contributed by atoms with Gasteiger partial charge >= 0.3 is 0 Å². The highest BCUT2D eigenvalue weighted by Crippen LogP contribution is 2.23. The molecular formula is C17H17F2NO2. The number of carbonyl (C=O) groups is 1. The van der Waals surface area contributed by atoms with Crippen molar-refractivity contribution in [1.29, 1.82) is 0 Å². The van der Waals surface area contributed by atoms with Crippen LogP contribution in [0.1, 0.15) is 28.9 Å². The molecular weight excluding hydrogens is 288 g/mol. The molecule has 0 aliphatic heterocycles. The number of nitrogens with zero attached hydrogens (tertiary/aromatic N) is 1. The Hall–Kier alpha value is -2.43. The number of hydrogen-bond acceptors (Lipinski definition) is 2. The van der Waals surface area contributed by atoms with Crippen molar-refractivity contribution in [3.8, 4) is 5.75 Å². The summed E-state index contributed by atoms with van der Waals surface area (Å²) in [7, 11) is 3.16. The number of hydrogen-bond donors (Lipinski definition) is 0. The molecule has 0 fully saturated rings. The molecule has 2 aromatic carbocycles. The van der Waals surface area contributed by atoms with Gasteiger partial charge in [-0.15, -0.1) is 0 Å². The summed E-state index contributed by atoms with van der Waals surface area (Å²) >= 11 is 0. The van der Waals surface area contributed by atoms with Gasteiger partial charge in [0.1, 0.15) is 17.4 Å². The molecule has 1 unspecified atom stereocenters. The SMILES string of the molecule is COc1ccc(C(C)N(C)C(=O)c2ccc(F)cc2F)cc1. The Labute approximate surface area is 128 Å². The number of methoxy groups -OCH3 is 1. The summed E-state index contributed by atoms with van der Waals surface area (Å²) in [5.41, 5.74) is 0.739. The Balaban J connectivity index is 2.21. The first-order chi connectivity index (χ1) is 10.4. The molecule has 22 heavy (non-hydrogen) atoms. The van der Waals surface area contributed by atoms with Gasteiger partial charge in [-0.3, -0.25) is 4.79 Å². The Morgan fingerprint density at radius 1 is 1.14 bits per heavy atom. The van der Waals surface area contributed by atoms with E-state index >= 15 is 0 Å². The van der Waals surface area contributed by atoms with Crippen molar-refractivity contribution in [3.05, 3.63) is 65.2 Å². The quantitative estimate of drug-likeness (QED) is 0.859. The molecule has 0 N–H and O–H groups in total. The maximum absolute atomic E-state index is 13.7. The standard InChI is InChI=1S/C17H17F2NO2/c1-11(12-4-7-14(22-3)8-5-12)20(2)17(21)15-9-6-13(18)10-16(15)19/h4-11H,1-3H3. The minimum absolute atomic E-state index is 0.149. The van der Waals surface area contributed by atoms with Gasteiger partial charge in [-0.1, -0.05) is 12.1 Å². The van der Waals surface area contributed by atoms with Crippen LogP contribution in [0.15, 0.2) is 42.5 Å². The van der Waals surface area contributed by atoms with Crippen LogP contribution in [0, 0.1) is 11.6 Å². The molecule has 1 amide bonds. The number of rotatable bonds is 4. The molecule has 0 aliphatic carbocycles. The van der Waals surface area contributed by atoms with E-state index in [1.165, 1.54) is 4.90 Å². The zero-order valence-corrected chi connectivity index (χ0v) is 12.6. The summed E-state index contributed by atoms with van der Waals surface area (Å²) in [6.07, 6.45) is 0. The van der Waals surface area contributed by atoms with Crippen LogP contribution in [0.2, 0.25) is 0 Å². The molecule has 0 aliphatic rings. The minimum atomic E-state index is -0.862. The Kier molecular flexibility index (Phi) is 4.75. The lowest BCUT2D eigenvalue weighted by Crippen LogP contribution is -2.30. The summed E-state index contributed by atoms with van der Waals surface area (Å²) in [6, 6.07) is 9.95. The number of ether oxygens (including phenoxy) is 1. The lowest BCUT2D eigenvalue weighted by Gasteiger charge is -2.25. The second-order valence-electron chi connectivity index (χ2n) is 4.99. The van der Waals surface area contributed by atoms with Crippen LogP contribution in [-0.4, -0.2) is 25.0 Å². The van der Waals surface area contributed by atoms with Gasteiger partial charge in [0.15, 0.2) is 0 Å². The van der Waals surface area contributed by atoms with Crippen LogP contribution in [-0.2, 0) is 0 Å². The average Bonchev–Trinajstić information content (AvgIpc) is 2.53. The molecule has 0 saturated heterocycles. The highest BCUT2D eigenvalue weighted by Gasteiger charge is 2.21. The Morgan fingerprint density at radius 3 is 2.32 bits per heavy atom.